The third-order valence-electron chi connectivity index (χ3n) is 7.19. The summed E-state index contributed by atoms with van der Waals surface area (Å²) in [7, 11) is 0. The number of carbonyl (C=O) groups excluding carboxylic acids is 2. The maximum atomic E-state index is 14.2. The van der Waals surface area contributed by atoms with Crippen LogP contribution in [0.5, 0.6) is 0 Å². The lowest BCUT2D eigenvalue weighted by Crippen LogP contribution is -2.47. The zero-order valence-corrected chi connectivity index (χ0v) is 22.5. The quantitative estimate of drug-likeness (QED) is 0.426. The van der Waals surface area contributed by atoms with E-state index in [2.05, 4.69) is 39.4 Å². The smallest absolute Gasteiger partial charge is 0.253 e. The summed E-state index contributed by atoms with van der Waals surface area (Å²) < 4.78 is 14.2. The van der Waals surface area contributed by atoms with Gasteiger partial charge in [-0.05, 0) is 55.3 Å². The molecule has 1 saturated heterocycles. The van der Waals surface area contributed by atoms with Crippen LogP contribution in [-0.4, -0.2) is 65.8 Å². The van der Waals surface area contributed by atoms with E-state index in [1.54, 1.807) is 6.07 Å². The lowest BCUT2D eigenvalue weighted by Gasteiger charge is -2.40. The van der Waals surface area contributed by atoms with Crippen LogP contribution in [0.1, 0.15) is 53.9 Å². The van der Waals surface area contributed by atoms with Gasteiger partial charge in [0.2, 0.25) is 5.91 Å². The van der Waals surface area contributed by atoms with Gasteiger partial charge in [-0.15, -0.1) is 0 Å². The molecule has 3 aromatic carbocycles. The van der Waals surface area contributed by atoms with Crippen LogP contribution in [0.4, 0.5) is 10.1 Å². The molecule has 0 radical (unpaired) electrons. The van der Waals surface area contributed by atoms with Crippen molar-refractivity contribution in [2.75, 3.05) is 44.6 Å². The second kappa shape index (κ2) is 12.8. The molecule has 4 rings (SSSR count). The molecule has 7 heteroatoms. The van der Waals surface area contributed by atoms with Crippen LogP contribution in [0.3, 0.4) is 0 Å². The molecule has 3 aromatic rings. The number of amides is 2. The van der Waals surface area contributed by atoms with Gasteiger partial charge < -0.3 is 10.2 Å². The highest BCUT2D eigenvalue weighted by Gasteiger charge is 2.27. The number of rotatable bonds is 9. The van der Waals surface area contributed by atoms with Gasteiger partial charge in [-0.25, -0.2) is 4.39 Å². The molecule has 0 unspecified atom stereocenters. The normalized spacial score (nSPS) is 15.2. The van der Waals surface area contributed by atoms with Gasteiger partial charge in [0.1, 0.15) is 5.82 Å². The number of nitrogens with one attached hydrogen (secondary N) is 1. The summed E-state index contributed by atoms with van der Waals surface area (Å²) in [5, 5.41) is 2.83. The van der Waals surface area contributed by atoms with Crippen molar-refractivity contribution >= 4 is 17.5 Å². The van der Waals surface area contributed by atoms with Crippen LogP contribution in [0.2, 0.25) is 0 Å². The SMILES string of the molecule is CCN(CC)C(=O)c1ccc([C@H](c2ccc(NC(C)=O)cc2)N2CCN(Cc3ccccc3F)CC2)cc1. The Kier molecular flexibility index (Phi) is 9.26. The van der Waals surface area contributed by atoms with E-state index < -0.39 is 0 Å². The summed E-state index contributed by atoms with van der Waals surface area (Å²) in [5.41, 5.74) is 4.39. The third kappa shape index (κ3) is 6.65. The highest BCUT2D eigenvalue weighted by Crippen LogP contribution is 2.31. The average molecular weight is 517 g/mol. The summed E-state index contributed by atoms with van der Waals surface area (Å²) in [5.74, 6) is -0.223. The first kappa shape index (κ1) is 27.5. The predicted octanol–water partition coefficient (Wildman–Crippen LogP) is 5.17. The summed E-state index contributed by atoms with van der Waals surface area (Å²) >= 11 is 0. The number of halogens is 1. The summed E-state index contributed by atoms with van der Waals surface area (Å²) in [4.78, 5) is 30.9. The molecule has 2 amide bonds. The molecule has 1 fully saturated rings. The molecule has 0 spiro atoms. The molecule has 1 aliphatic rings. The second-order valence-corrected chi connectivity index (χ2v) is 9.71. The molecule has 0 saturated carbocycles. The molecule has 1 heterocycles. The Balaban J connectivity index is 1.55. The van der Waals surface area contributed by atoms with Crippen molar-refractivity contribution in [2.45, 2.75) is 33.4 Å². The molecule has 38 heavy (non-hydrogen) atoms. The van der Waals surface area contributed by atoms with Crippen LogP contribution in [0.25, 0.3) is 0 Å². The number of benzene rings is 3. The Morgan fingerprint density at radius 3 is 2.00 bits per heavy atom. The minimum absolute atomic E-state index is 0.00500. The van der Waals surface area contributed by atoms with Gasteiger partial charge in [-0.3, -0.25) is 19.4 Å². The molecule has 0 bridgehead atoms. The number of carbonyl (C=O) groups is 2. The second-order valence-electron chi connectivity index (χ2n) is 9.71. The van der Waals surface area contributed by atoms with Crippen LogP contribution >= 0.6 is 0 Å². The molecule has 0 aromatic heterocycles. The van der Waals surface area contributed by atoms with E-state index in [1.165, 1.54) is 13.0 Å². The molecule has 0 aliphatic carbocycles. The van der Waals surface area contributed by atoms with Crippen molar-refractivity contribution in [1.29, 1.82) is 0 Å². The molecule has 6 nitrogen and oxygen atoms in total. The largest absolute Gasteiger partial charge is 0.339 e. The molecule has 1 aliphatic heterocycles. The first-order valence-corrected chi connectivity index (χ1v) is 13.4. The minimum Gasteiger partial charge on any atom is -0.339 e. The highest BCUT2D eigenvalue weighted by molar-refractivity contribution is 5.94. The van der Waals surface area contributed by atoms with Crippen LogP contribution in [-0.2, 0) is 11.3 Å². The first-order chi connectivity index (χ1) is 18.4. The third-order valence-corrected chi connectivity index (χ3v) is 7.19. The van der Waals surface area contributed by atoms with Crippen molar-refractivity contribution < 1.29 is 14.0 Å². The van der Waals surface area contributed by atoms with Gasteiger partial charge >= 0.3 is 0 Å². The van der Waals surface area contributed by atoms with Gasteiger partial charge in [0.25, 0.3) is 5.91 Å². The number of hydrogen-bond acceptors (Lipinski definition) is 4. The van der Waals surface area contributed by atoms with Crippen molar-refractivity contribution in [3.63, 3.8) is 0 Å². The Bertz CT molecular complexity index is 1220. The number of nitrogens with zero attached hydrogens (tertiary/aromatic N) is 3. The van der Waals surface area contributed by atoms with E-state index in [0.29, 0.717) is 25.2 Å². The lowest BCUT2D eigenvalue weighted by molar-refractivity contribution is -0.114. The van der Waals surface area contributed by atoms with Crippen molar-refractivity contribution in [3.05, 3.63) is 101 Å². The van der Waals surface area contributed by atoms with Gasteiger partial charge in [-0.1, -0.05) is 42.5 Å². The van der Waals surface area contributed by atoms with E-state index in [1.807, 2.05) is 55.1 Å². The maximum Gasteiger partial charge on any atom is 0.253 e. The topological polar surface area (TPSA) is 55.9 Å². The molecule has 200 valence electrons. The van der Waals surface area contributed by atoms with E-state index in [-0.39, 0.29) is 23.7 Å². The maximum absolute atomic E-state index is 14.2. The van der Waals surface area contributed by atoms with E-state index >= 15 is 0 Å². The number of piperazine rings is 1. The standard InChI is InChI=1S/C31H37FN4O2/c1-4-35(5-2)31(38)26-12-10-24(11-13-26)30(25-14-16-28(17-15-25)33-23(3)37)36-20-18-34(19-21-36)22-27-8-6-7-9-29(27)32/h6-17,30H,4-5,18-22H2,1-3H3,(H,33,37)/t30-/m1/s1. The molecule has 1 atom stereocenters. The predicted molar refractivity (Wildman–Crippen MR) is 150 cm³/mol. The fourth-order valence-corrected chi connectivity index (χ4v) is 5.11. The first-order valence-electron chi connectivity index (χ1n) is 13.4. The summed E-state index contributed by atoms with van der Waals surface area (Å²) in [6.45, 7) is 10.7. The zero-order chi connectivity index (χ0) is 27.1. The Hall–Kier alpha value is -3.55. The Labute approximate surface area is 225 Å². The van der Waals surface area contributed by atoms with Crippen molar-refractivity contribution in [2.24, 2.45) is 0 Å². The Morgan fingerprint density at radius 1 is 0.868 bits per heavy atom. The van der Waals surface area contributed by atoms with Crippen LogP contribution < -0.4 is 5.32 Å². The highest BCUT2D eigenvalue weighted by atomic mass is 19.1. The number of hydrogen-bond donors (Lipinski definition) is 1. The van der Waals surface area contributed by atoms with Crippen LogP contribution in [0.15, 0.2) is 72.8 Å². The summed E-state index contributed by atoms with van der Waals surface area (Å²) in [6, 6.07) is 22.9. The van der Waals surface area contributed by atoms with Gasteiger partial charge in [0, 0.05) is 69.6 Å². The lowest BCUT2D eigenvalue weighted by atomic mass is 9.95. The van der Waals surface area contributed by atoms with Crippen molar-refractivity contribution in [1.82, 2.24) is 14.7 Å². The van der Waals surface area contributed by atoms with Crippen LogP contribution in [0, 0.1) is 5.82 Å². The monoisotopic (exact) mass is 516 g/mol. The van der Waals surface area contributed by atoms with E-state index in [4.69, 9.17) is 0 Å². The van der Waals surface area contributed by atoms with Gasteiger partial charge in [0.15, 0.2) is 0 Å². The van der Waals surface area contributed by atoms with Gasteiger partial charge in [-0.2, -0.15) is 0 Å². The van der Waals surface area contributed by atoms with E-state index in [9.17, 15) is 14.0 Å². The fourth-order valence-electron chi connectivity index (χ4n) is 5.11. The van der Waals surface area contributed by atoms with E-state index in [0.717, 1.165) is 48.6 Å². The minimum atomic E-state index is -0.161. The number of anilines is 1. The zero-order valence-electron chi connectivity index (χ0n) is 22.5. The molecule has 1 N–H and O–H groups in total. The van der Waals surface area contributed by atoms with Gasteiger partial charge in [0.05, 0.1) is 6.04 Å². The fraction of sp³-hybridized carbons (Fsp3) is 0.355. The van der Waals surface area contributed by atoms with Crippen molar-refractivity contribution in [3.8, 4) is 0 Å². The molecular formula is C31H37FN4O2. The average Bonchev–Trinajstić information content (AvgIpc) is 2.93. The molecular weight excluding hydrogens is 479 g/mol. The Morgan fingerprint density at radius 2 is 1.45 bits per heavy atom. The summed E-state index contributed by atoms with van der Waals surface area (Å²) in [6.07, 6.45) is 0.